The van der Waals surface area contributed by atoms with E-state index in [0.717, 1.165) is 36.6 Å². The van der Waals surface area contributed by atoms with Crippen molar-refractivity contribution in [1.82, 2.24) is 4.90 Å². The summed E-state index contributed by atoms with van der Waals surface area (Å²) in [6.45, 7) is 9.56. The highest BCUT2D eigenvalue weighted by molar-refractivity contribution is 5.95. The number of nitrogens with zero attached hydrogens (tertiary/aromatic N) is 2. The summed E-state index contributed by atoms with van der Waals surface area (Å²) in [5, 5.41) is 21.4. The number of nitrogens with two attached hydrogens (primary N) is 1. The summed E-state index contributed by atoms with van der Waals surface area (Å²) in [6, 6.07) is 11.7. The molecule has 1 heterocycles. The molecular weight excluding hydrogens is 633 g/mol. The molecular formula is C34H43F3N4O7. The van der Waals surface area contributed by atoms with Gasteiger partial charge in [-0.3, -0.25) is 9.69 Å². The summed E-state index contributed by atoms with van der Waals surface area (Å²) in [7, 11) is 0. The zero-order chi connectivity index (χ0) is 35.8. The van der Waals surface area contributed by atoms with Gasteiger partial charge in [0, 0.05) is 18.4 Å². The Balaban J connectivity index is 0.000000804. The topological polar surface area (TPSA) is 165 Å². The number of aliphatic carboxylic acids is 1. The summed E-state index contributed by atoms with van der Waals surface area (Å²) in [4.78, 5) is 50.3. The molecule has 262 valence electrons. The average Bonchev–Trinajstić information content (AvgIpc) is 3.81. The summed E-state index contributed by atoms with van der Waals surface area (Å²) in [5.74, 6) is -3.18. The van der Waals surface area contributed by atoms with Crippen molar-refractivity contribution in [1.29, 1.82) is 0 Å². The molecule has 48 heavy (non-hydrogen) atoms. The van der Waals surface area contributed by atoms with Gasteiger partial charge in [-0.1, -0.05) is 25.0 Å². The van der Waals surface area contributed by atoms with E-state index < -0.39 is 36.1 Å². The maximum atomic E-state index is 13.9. The van der Waals surface area contributed by atoms with Gasteiger partial charge >= 0.3 is 18.2 Å². The number of urea groups is 1. The molecule has 3 amide bonds. The van der Waals surface area contributed by atoms with Gasteiger partial charge in [0.15, 0.2) is 6.04 Å². The number of hydrogen-bond donors (Lipinski definition) is 3. The number of benzene rings is 2. The van der Waals surface area contributed by atoms with E-state index in [4.69, 9.17) is 20.4 Å². The monoisotopic (exact) mass is 676 g/mol. The molecule has 1 aliphatic carbocycles. The van der Waals surface area contributed by atoms with Gasteiger partial charge in [0.25, 0.3) is 5.91 Å². The van der Waals surface area contributed by atoms with Crippen molar-refractivity contribution in [2.45, 2.75) is 90.1 Å². The molecule has 0 spiro atoms. The molecule has 1 atom stereocenters. The summed E-state index contributed by atoms with van der Waals surface area (Å²) < 4.78 is 38.3. The van der Waals surface area contributed by atoms with Crippen molar-refractivity contribution in [2.75, 3.05) is 18.4 Å². The molecule has 11 nitrogen and oxygen atoms in total. The lowest BCUT2D eigenvalue weighted by Crippen LogP contribution is -2.55. The molecule has 4 N–H and O–H groups in total. The van der Waals surface area contributed by atoms with Gasteiger partial charge < -0.3 is 25.5 Å². The summed E-state index contributed by atoms with van der Waals surface area (Å²) >= 11 is 0. The quantitative estimate of drug-likeness (QED) is 0.251. The first kappa shape index (κ1) is 38.0. The number of piperidine rings is 1. The van der Waals surface area contributed by atoms with E-state index in [0.29, 0.717) is 24.2 Å². The fourth-order valence-corrected chi connectivity index (χ4v) is 5.56. The first-order valence-corrected chi connectivity index (χ1v) is 15.7. The van der Waals surface area contributed by atoms with Crippen molar-refractivity contribution in [3.63, 3.8) is 0 Å². The SMILES string of the molecule is CC(C)OC(=O)c1ccc(NC(=O)/[N+](=C2/CCCN(C(C)(C)CC3CC3)C2)[C@@H](Cc2ccc(O)cc2)C(N)=O)cc1.O=C([O-])C(F)(F)F. The van der Waals surface area contributed by atoms with E-state index in [1.54, 1.807) is 62.4 Å². The molecule has 2 aromatic carbocycles. The highest BCUT2D eigenvalue weighted by Gasteiger charge is 2.40. The van der Waals surface area contributed by atoms with Gasteiger partial charge in [-0.2, -0.15) is 22.5 Å². The van der Waals surface area contributed by atoms with E-state index in [9.17, 15) is 32.7 Å². The average molecular weight is 677 g/mol. The molecule has 2 aromatic rings. The van der Waals surface area contributed by atoms with Gasteiger partial charge in [-0.05, 0) is 95.0 Å². The number of esters is 1. The lowest BCUT2D eigenvalue weighted by Gasteiger charge is -2.41. The molecule has 4 rings (SSSR count). The lowest BCUT2D eigenvalue weighted by atomic mass is 9.92. The van der Waals surface area contributed by atoms with Crippen LogP contribution in [0.15, 0.2) is 48.5 Å². The fraction of sp³-hybridized carbons (Fsp3) is 0.500. The van der Waals surface area contributed by atoms with Gasteiger partial charge in [0.05, 0.1) is 23.9 Å². The third-order valence-corrected chi connectivity index (χ3v) is 8.12. The maximum Gasteiger partial charge on any atom is 0.496 e. The van der Waals surface area contributed by atoms with E-state index >= 15 is 0 Å². The number of nitrogens with one attached hydrogen (secondary N) is 1. The Morgan fingerprint density at radius 1 is 1.06 bits per heavy atom. The van der Waals surface area contributed by atoms with Crippen LogP contribution < -0.4 is 16.2 Å². The molecule has 1 saturated heterocycles. The number of alkyl halides is 3. The van der Waals surface area contributed by atoms with Crippen LogP contribution in [-0.4, -0.2) is 81.1 Å². The van der Waals surface area contributed by atoms with Crippen molar-refractivity contribution >= 4 is 35.3 Å². The van der Waals surface area contributed by atoms with Gasteiger partial charge in [0.2, 0.25) is 0 Å². The van der Waals surface area contributed by atoms with Crippen LogP contribution in [0.1, 0.15) is 75.7 Å². The van der Waals surface area contributed by atoms with E-state index in [1.807, 2.05) is 0 Å². The minimum absolute atomic E-state index is 0.0331. The predicted octanol–water partition coefficient (Wildman–Crippen LogP) is 4.01. The molecule has 0 radical (unpaired) electrons. The number of carbonyl (C=O) groups is 4. The van der Waals surface area contributed by atoms with Gasteiger partial charge in [0.1, 0.15) is 17.4 Å². The normalized spacial score (nSPS) is 17.1. The minimum Gasteiger partial charge on any atom is -0.542 e. The Morgan fingerprint density at radius 2 is 1.65 bits per heavy atom. The maximum absolute atomic E-state index is 13.9. The number of aromatic hydroxyl groups is 1. The second kappa shape index (κ2) is 16.1. The van der Waals surface area contributed by atoms with Crippen molar-refractivity contribution in [2.24, 2.45) is 11.7 Å². The molecule has 0 aromatic heterocycles. The highest BCUT2D eigenvalue weighted by atomic mass is 19.4. The number of ether oxygens (including phenoxy) is 1. The second-order valence-corrected chi connectivity index (χ2v) is 13.0. The van der Waals surface area contributed by atoms with E-state index in [2.05, 4.69) is 24.1 Å². The standard InChI is InChI=1S/C32H42N4O5.C2HF3O2/c1-21(2)41-30(39)24-11-13-25(14-12-24)34-31(40)36(28(29(33)38)18-22-9-15-27(37)16-10-22)26-6-5-17-35(20-26)32(3,4)19-23-7-8-23;3-2(4,5)1(6)7/h9-16,21,23,28H,5-8,17-20H2,1-4H3,(H3-,33,34,37,38,39,40);(H,6,7)/b36-26-;/t28-;/m0./s1. The number of phenolic OH excluding ortho intramolecular Hbond substituents is 1. The van der Waals surface area contributed by atoms with Crippen LogP contribution in [-0.2, 0) is 20.7 Å². The van der Waals surface area contributed by atoms with Crippen molar-refractivity contribution in [3.05, 3.63) is 59.7 Å². The number of carboxylic acids is 1. The van der Waals surface area contributed by atoms with Crippen molar-refractivity contribution in [3.8, 4) is 5.75 Å². The van der Waals surface area contributed by atoms with Crippen LogP contribution in [0.3, 0.4) is 0 Å². The van der Waals surface area contributed by atoms with Crippen LogP contribution in [0.4, 0.5) is 23.7 Å². The van der Waals surface area contributed by atoms with Gasteiger partial charge in [-0.25, -0.2) is 10.1 Å². The molecule has 0 bridgehead atoms. The summed E-state index contributed by atoms with van der Waals surface area (Å²) in [5.41, 5.74) is 8.40. The predicted molar refractivity (Wildman–Crippen MR) is 169 cm³/mol. The van der Waals surface area contributed by atoms with Gasteiger partial charge in [-0.15, -0.1) is 0 Å². The molecule has 2 fully saturated rings. The Labute approximate surface area is 277 Å². The number of rotatable bonds is 10. The number of amides is 3. The number of likely N-dealkylation sites (tertiary alicyclic amines) is 1. The van der Waals surface area contributed by atoms with Crippen LogP contribution in [0.25, 0.3) is 0 Å². The number of hydrogen-bond acceptors (Lipinski definition) is 8. The van der Waals surface area contributed by atoms with Crippen LogP contribution in [0.2, 0.25) is 0 Å². The Morgan fingerprint density at radius 3 is 2.15 bits per heavy atom. The summed E-state index contributed by atoms with van der Waals surface area (Å²) in [6.07, 6.45) is -0.0497. The minimum atomic E-state index is -5.19. The van der Waals surface area contributed by atoms with Crippen LogP contribution in [0, 0.1) is 5.92 Å². The lowest BCUT2D eigenvalue weighted by molar-refractivity contribution is -0.456. The van der Waals surface area contributed by atoms with Crippen LogP contribution >= 0.6 is 0 Å². The third-order valence-electron chi connectivity index (χ3n) is 8.12. The molecule has 2 aliphatic rings. The smallest absolute Gasteiger partial charge is 0.496 e. The van der Waals surface area contributed by atoms with E-state index in [-0.39, 0.29) is 23.8 Å². The number of anilines is 1. The number of primary amides is 1. The molecule has 0 unspecified atom stereocenters. The zero-order valence-electron chi connectivity index (χ0n) is 27.5. The largest absolute Gasteiger partial charge is 0.542 e. The number of phenols is 1. The molecule has 1 saturated carbocycles. The highest BCUT2D eigenvalue weighted by Crippen LogP contribution is 2.39. The Bertz CT molecular complexity index is 1490. The molecule has 1 aliphatic heterocycles. The second-order valence-electron chi connectivity index (χ2n) is 13.0. The fourth-order valence-electron chi connectivity index (χ4n) is 5.56. The Kier molecular flexibility index (Phi) is 12.7. The van der Waals surface area contributed by atoms with E-state index in [1.165, 1.54) is 17.4 Å². The number of halogens is 3. The zero-order valence-corrected chi connectivity index (χ0v) is 27.5. The van der Waals surface area contributed by atoms with Crippen molar-refractivity contribution < 1.29 is 51.9 Å². The number of carboxylic acid groups (broad SMARTS) is 1. The molecule has 14 heteroatoms. The first-order chi connectivity index (χ1) is 22.4. The Hall–Kier alpha value is -4.46. The first-order valence-electron chi connectivity index (χ1n) is 15.7. The van der Waals surface area contributed by atoms with Crippen LogP contribution in [0.5, 0.6) is 5.75 Å². The number of carbonyl (C=O) groups excluding carboxylic acids is 4. The third kappa shape index (κ3) is 11.4.